The van der Waals surface area contributed by atoms with E-state index in [0.29, 0.717) is 65.6 Å². The number of nitrogens with one attached hydrogen (secondary N) is 1. The third-order valence-electron chi connectivity index (χ3n) is 6.07. The second-order valence-electron chi connectivity index (χ2n) is 8.41. The molecule has 11 heteroatoms. The average molecular weight is 506 g/mol. The molecule has 5 rings (SSSR count). The first-order chi connectivity index (χ1) is 17.4. The first kappa shape index (κ1) is 23.7. The number of carbonyl (C=O) groups is 1. The van der Waals surface area contributed by atoms with Crippen molar-refractivity contribution in [3.05, 3.63) is 65.2 Å². The van der Waals surface area contributed by atoms with Crippen molar-refractivity contribution in [2.45, 2.75) is 6.35 Å². The molecule has 36 heavy (non-hydrogen) atoms. The van der Waals surface area contributed by atoms with Gasteiger partial charge in [0.1, 0.15) is 11.3 Å². The van der Waals surface area contributed by atoms with Crippen molar-refractivity contribution in [2.75, 3.05) is 42.1 Å². The molecule has 184 valence electrons. The summed E-state index contributed by atoms with van der Waals surface area (Å²) in [6.07, 6.45) is -0.271. The van der Waals surface area contributed by atoms with E-state index in [1.54, 1.807) is 36.4 Å². The van der Waals surface area contributed by atoms with Crippen LogP contribution in [0.2, 0.25) is 5.02 Å². The van der Waals surface area contributed by atoms with Gasteiger partial charge in [0.25, 0.3) is 0 Å². The normalized spacial score (nSPS) is 15.1. The predicted octanol–water partition coefficient (Wildman–Crippen LogP) is 2.96. The van der Waals surface area contributed by atoms with Gasteiger partial charge in [0.15, 0.2) is 18.5 Å². The van der Waals surface area contributed by atoms with Crippen LogP contribution in [-0.4, -0.2) is 68.9 Å². The van der Waals surface area contributed by atoms with E-state index in [2.05, 4.69) is 20.2 Å². The number of benzene rings is 2. The number of hydrogen-bond donors (Lipinski definition) is 4. The van der Waals surface area contributed by atoms with Gasteiger partial charge in [-0.1, -0.05) is 23.7 Å². The molecule has 5 N–H and O–H groups in total. The minimum atomic E-state index is -0.871. The lowest BCUT2D eigenvalue weighted by molar-refractivity contribution is 0.0225. The summed E-state index contributed by atoms with van der Waals surface area (Å²) >= 11 is 6.04. The van der Waals surface area contributed by atoms with E-state index < -0.39 is 6.35 Å². The molecule has 10 nitrogen and oxygen atoms in total. The Morgan fingerprint density at radius 3 is 2.56 bits per heavy atom. The lowest BCUT2D eigenvalue weighted by Gasteiger charge is -2.38. The van der Waals surface area contributed by atoms with Gasteiger partial charge in [0.05, 0.1) is 16.8 Å². The highest BCUT2D eigenvalue weighted by Gasteiger charge is 2.25. The fourth-order valence-electron chi connectivity index (χ4n) is 4.20. The number of fused-ring (bicyclic) bond motifs is 1. The van der Waals surface area contributed by atoms with Crippen molar-refractivity contribution in [1.29, 1.82) is 0 Å². The van der Waals surface area contributed by atoms with Crippen molar-refractivity contribution in [2.24, 2.45) is 0 Å². The minimum absolute atomic E-state index is 0.112. The van der Waals surface area contributed by atoms with E-state index in [1.165, 1.54) is 6.07 Å². The van der Waals surface area contributed by atoms with E-state index in [0.717, 1.165) is 5.69 Å². The number of aromatic nitrogens is 3. The number of aromatic hydroxyl groups is 1. The van der Waals surface area contributed by atoms with Crippen LogP contribution >= 0.6 is 11.6 Å². The molecule has 2 aromatic heterocycles. The predicted molar refractivity (Wildman–Crippen MR) is 139 cm³/mol. The Kier molecular flexibility index (Phi) is 6.55. The summed E-state index contributed by atoms with van der Waals surface area (Å²) in [4.78, 5) is 28.6. The number of nitrogen functional groups attached to an aromatic ring is 1. The van der Waals surface area contributed by atoms with Gasteiger partial charge in [-0.3, -0.25) is 9.69 Å². The van der Waals surface area contributed by atoms with Crippen LogP contribution in [0, 0.1) is 0 Å². The van der Waals surface area contributed by atoms with Crippen LogP contribution in [-0.2, 0) is 0 Å². The van der Waals surface area contributed by atoms with Crippen molar-refractivity contribution in [3.8, 4) is 17.0 Å². The van der Waals surface area contributed by atoms with Crippen molar-refractivity contribution in [1.82, 2.24) is 19.9 Å². The average Bonchev–Trinajstić information content (AvgIpc) is 2.88. The van der Waals surface area contributed by atoms with E-state index >= 15 is 0 Å². The summed E-state index contributed by atoms with van der Waals surface area (Å²) in [5, 5.41) is 24.4. The van der Waals surface area contributed by atoms with Crippen LogP contribution in [0.25, 0.3) is 22.3 Å². The number of aliphatic hydroxyl groups is 1. The largest absolute Gasteiger partial charge is 0.507 e. The number of phenolic OH excluding ortho intramolecular Hbond substituents is 1. The van der Waals surface area contributed by atoms with Crippen molar-refractivity contribution in [3.63, 3.8) is 0 Å². The number of piperazine rings is 1. The van der Waals surface area contributed by atoms with Gasteiger partial charge >= 0.3 is 0 Å². The molecule has 0 spiro atoms. The van der Waals surface area contributed by atoms with Gasteiger partial charge in [-0.25, -0.2) is 9.97 Å². The lowest BCUT2D eigenvalue weighted by atomic mass is 10.1. The van der Waals surface area contributed by atoms with Gasteiger partial charge in [-0.2, -0.15) is 4.98 Å². The molecule has 4 aromatic rings. The molecule has 1 fully saturated rings. The number of nitrogens with two attached hydrogens (primary N) is 1. The third-order valence-corrected chi connectivity index (χ3v) is 6.31. The summed E-state index contributed by atoms with van der Waals surface area (Å²) in [6.45, 7) is 2.31. The standard InChI is InChI=1S/C25H24ClN7O3/c26-17-2-1-3-18(13-17)28-25(36)33-10-8-32(9-11-33)23-22-20(30-24(27)31-23)7-6-19(29-22)15-4-5-16(14-34)21(35)12-15/h1-7,12-14,25,28,35-36H,8-11H2,(H2,27,30,31). The molecule has 0 aliphatic carbocycles. The van der Waals surface area contributed by atoms with Crippen LogP contribution in [0.15, 0.2) is 54.6 Å². The van der Waals surface area contributed by atoms with Crippen LogP contribution in [0.3, 0.4) is 0 Å². The van der Waals surface area contributed by atoms with Crippen molar-refractivity contribution < 1.29 is 15.0 Å². The zero-order valence-corrected chi connectivity index (χ0v) is 19.9. The fraction of sp³-hybridized carbons (Fsp3) is 0.200. The van der Waals surface area contributed by atoms with Crippen LogP contribution in [0.1, 0.15) is 10.4 Å². The number of aldehydes is 1. The molecule has 0 saturated carbocycles. The summed E-state index contributed by atoms with van der Waals surface area (Å²) < 4.78 is 0. The first-order valence-corrected chi connectivity index (χ1v) is 11.7. The molecule has 1 unspecified atom stereocenters. The van der Waals surface area contributed by atoms with Gasteiger partial charge in [0.2, 0.25) is 5.95 Å². The highest BCUT2D eigenvalue weighted by atomic mass is 35.5. The summed E-state index contributed by atoms with van der Waals surface area (Å²) in [7, 11) is 0. The smallest absolute Gasteiger partial charge is 0.222 e. The van der Waals surface area contributed by atoms with Gasteiger partial charge in [-0.05, 0) is 42.5 Å². The highest BCUT2D eigenvalue weighted by molar-refractivity contribution is 6.30. The quantitative estimate of drug-likeness (QED) is 0.228. The molecule has 0 amide bonds. The van der Waals surface area contributed by atoms with E-state index in [4.69, 9.17) is 22.3 Å². The number of carbonyl (C=O) groups excluding carboxylic acids is 1. The number of anilines is 3. The Bertz CT molecular complexity index is 1430. The summed E-state index contributed by atoms with van der Waals surface area (Å²) in [5.41, 5.74) is 9.36. The fourth-order valence-corrected chi connectivity index (χ4v) is 4.39. The number of rotatable bonds is 6. The van der Waals surface area contributed by atoms with E-state index in [9.17, 15) is 15.0 Å². The molecule has 1 saturated heterocycles. The number of pyridine rings is 1. The molecule has 3 heterocycles. The summed E-state index contributed by atoms with van der Waals surface area (Å²) in [6, 6.07) is 15.6. The maximum absolute atomic E-state index is 11.0. The number of hydrogen-bond acceptors (Lipinski definition) is 10. The molecule has 2 aromatic carbocycles. The number of halogens is 1. The van der Waals surface area contributed by atoms with Crippen LogP contribution in [0.4, 0.5) is 17.5 Å². The number of phenols is 1. The third kappa shape index (κ3) is 4.87. The van der Waals surface area contributed by atoms with Gasteiger partial charge < -0.3 is 26.2 Å². The second kappa shape index (κ2) is 9.94. The summed E-state index contributed by atoms with van der Waals surface area (Å²) in [5.74, 6) is 0.634. The van der Waals surface area contributed by atoms with Crippen LogP contribution < -0.4 is 16.0 Å². The molecular weight excluding hydrogens is 482 g/mol. The number of nitrogens with zero attached hydrogens (tertiary/aromatic N) is 5. The monoisotopic (exact) mass is 505 g/mol. The Labute approximate surface area is 212 Å². The molecule has 1 aliphatic rings. The zero-order valence-electron chi connectivity index (χ0n) is 19.2. The second-order valence-corrected chi connectivity index (χ2v) is 8.85. The molecular formula is C25H24ClN7O3. The molecule has 1 aliphatic heterocycles. The number of aliphatic hydroxyl groups excluding tert-OH is 1. The maximum atomic E-state index is 11.0. The topological polar surface area (TPSA) is 141 Å². The first-order valence-electron chi connectivity index (χ1n) is 11.3. The Balaban J connectivity index is 1.37. The van der Waals surface area contributed by atoms with E-state index in [1.807, 2.05) is 17.0 Å². The Morgan fingerprint density at radius 2 is 1.83 bits per heavy atom. The minimum Gasteiger partial charge on any atom is -0.507 e. The zero-order chi connectivity index (χ0) is 25.2. The SMILES string of the molecule is Nc1nc(N2CCN(C(O)Nc3cccc(Cl)c3)CC2)c2nc(-c3ccc(C=O)c(O)c3)ccc2n1. The molecule has 0 radical (unpaired) electrons. The maximum Gasteiger partial charge on any atom is 0.222 e. The Hall–Kier alpha value is -3.99. The highest BCUT2D eigenvalue weighted by Crippen LogP contribution is 2.30. The Morgan fingerprint density at radius 1 is 1.03 bits per heavy atom. The van der Waals surface area contributed by atoms with Crippen molar-refractivity contribution >= 4 is 46.4 Å². The lowest BCUT2D eigenvalue weighted by Crippen LogP contribution is -2.53. The van der Waals surface area contributed by atoms with E-state index in [-0.39, 0.29) is 17.3 Å². The molecule has 0 bridgehead atoms. The van der Waals surface area contributed by atoms with Gasteiger partial charge in [0, 0.05) is 42.5 Å². The molecule has 1 atom stereocenters. The van der Waals surface area contributed by atoms with Gasteiger partial charge in [-0.15, -0.1) is 0 Å². The van der Waals surface area contributed by atoms with Crippen LogP contribution in [0.5, 0.6) is 5.75 Å².